The Morgan fingerprint density at radius 3 is 2.50 bits per heavy atom. The lowest BCUT2D eigenvalue weighted by atomic mass is 9.91. The zero-order chi connectivity index (χ0) is 15.2. The van der Waals surface area contributed by atoms with E-state index in [9.17, 15) is 0 Å². The Hall–Kier alpha value is -1.80. The van der Waals surface area contributed by atoms with Crippen LogP contribution in [0.3, 0.4) is 0 Å². The standard InChI is InChI=1S/C20H25NO/c1-22-20-11-9-17(10-12-20)14-19-8-5-13-21(16-19)15-18-6-3-2-4-7-18/h2-4,6-7,9-12,19H,5,8,13-16H2,1H3. The summed E-state index contributed by atoms with van der Waals surface area (Å²) >= 11 is 0. The van der Waals surface area contributed by atoms with Crippen LogP contribution in [-0.4, -0.2) is 25.1 Å². The van der Waals surface area contributed by atoms with Gasteiger partial charge in [0.15, 0.2) is 0 Å². The Kier molecular flexibility index (Phi) is 5.12. The SMILES string of the molecule is COc1ccc(CC2CCCN(Cc3ccccc3)C2)cc1. The highest BCUT2D eigenvalue weighted by molar-refractivity contribution is 5.27. The average Bonchev–Trinajstić information content (AvgIpc) is 2.57. The third kappa shape index (κ3) is 4.11. The highest BCUT2D eigenvalue weighted by atomic mass is 16.5. The number of hydrogen-bond acceptors (Lipinski definition) is 2. The van der Waals surface area contributed by atoms with Crippen LogP contribution in [0.2, 0.25) is 0 Å². The van der Waals surface area contributed by atoms with Gasteiger partial charge in [-0.3, -0.25) is 4.90 Å². The van der Waals surface area contributed by atoms with Crippen molar-refractivity contribution in [3.63, 3.8) is 0 Å². The molecule has 2 aromatic rings. The molecule has 1 aliphatic heterocycles. The fourth-order valence-electron chi connectivity index (χ4n) is 3.40. The first-order chi connectivity index (χ1) is 10.8. The largest absolute Gasteiger partial charge is 0.497 e. The highest BCUT2D eigenvalue weighted by Crippen LogP contribution is 2.23. The van der Waals surface area contributed by atoms with E-state index in [1.807, 2.05) is 0 Å². The second kappa shape index (κ2) is 7.46. The van der Waals surface area contributed by atoms with E-state index in [0.717, 1.165) is 18.2 Å². The van der Waals surface area contributed by atoms with Crippen molar-refractivity contribution in [2.24, 2.45) is 5.92 Å². The van der Waals surface area contributed by atoms with Gasteiger partial charge in [-0.15, -0.1) is 0 Å². The van der Waals surface area contributed by atoms with Gasteiger partial charge in [0.25, 0.3) is 0 Å². The molecule has 0 amide bonds. The molecule has 1 heterocycles. The highest BCUT2D eigenvalue weighted by Gasteiger charge is 2.20. The second-order valence-electron chi connectivity index (χ2n) is 6.28. The van der Waals surface area contributed by atoms with Gasteiger partial charge in [0, 0.05) is 13.1 Å². The summed E-state index contributed by atoms with van der Waals surface area (Å²) in [4.78, 5) is 2.60. The summed E-state index contributed by atoms with van der Waals surface area (Å²) in [5.74, 6) is 1.71. The summed E-state index contributed by atoms with van der Waals surface area (Å²) in [6, 6.07) is 19.4. The van der Waals surface area contributed by atoms with E-state index in [1.165, 1.54) is 43.5 Å². The molecule has 1 aliphatic rings. The van der Waals surface area contributed by atoms with E-state index in [-0.39, 0.29) is 0 Å². The van der Waals surface area contributed by atoms with Crippen LogP contribution in [-0.2, 0) is 13.0 Å². The summed E-state index contributed by atoms with van der Waals surface area (Å²) in [5.41, 5.74) is 2.85. The first kappa shape index (κ1) is 15.1. The number of nitrogens with zero attached hydrogens (tertiary/aromatic N) is 1. The lowest BCUT2D eigenvalue weighted by molar-refractivity contribution is 0.167. The van der Waals surface area contributed by atoms with E-state index in [0.29, 0.717) is 0 Å². The molecule has 0 N–H and O–H groups in total. The number of piperidine rings is 1. The maximum Gasteiger partial charge on any atom is 0.118 e. The maximum atomic E-state index is 5.23. The van der Waals surface area contributed by atoms with Crippen molar-refractivity contribution in [2.45, 2.75) is 25.8 Å². The summed E-state index contributed by atoms with van der Waals surface area (Å²) in [7, 11) is 1.72. The van der Waals surface area contributed by atoms with Gasteiger partial charge >= 0.3 is 0 Å². The number of likely N-dealkylation sites (tertiary alicyclic amines) is 1. The molecule has 22 heavy (non-hydrogen) atoms. The van der Waals surface area contributed by atoms with E-state index in [1.54, 1.807) is 7.11 Å². The van der Waals surface area contributed by atoms with Crippen LogP contribution in [0.4, 0.5) is 0 Å². The molecule has 0 aliphatic carbocycles. The van der Waals surface area contributed by atoms with Gasteiger partial charge in [0.05, 0.1) is 7.11 Å². The lowest BCUT2D eigenvalue weighted by Crippen LogP contribution is -2.35. The van der Waals surface area contributed by atoms with Crippen molar-refractivity contribution in [1.82, 2.24) is 4.90 Å². The summed E-state index contributed by atoms with van der Waals surface area (Å²) in [5, 5.41) is 0. The lowest BCUT2D eigenvalue weighted by Gasteiger charge is -2.33. The molecule has 2 aromatic carbocycles. The van der Waals surface area contributed by atoms with Crippen molar-refractivity contribution >= 4 is 0 Å². The average molecular weight is 295 g/mol. The molecule has 116 valence electrons. The van der Waals surface area contributed by atoms with Gasteiger partial charge in [0.1, 0.15) is 5.75 Å². The molecule has 1 unspecified atom stereocenters. The normalized spacial score (nSPS) is 19.0. The predicted molar refractivity (Wildman–Crippen MR) is 91.1 cm³/mol. The first-order valence-corrected chi connectivity index (χ1v) is 8.22. The topological polar surface area (TPSA) is 12.5 Å². The van der Waals surface area contributed by atoms with Crippen molar-refractivity contribution in [2.75, 3.05) is 20.2 Å². The number of hydrogen-bond donors (Lipinski definition) is 0. The second-order valence-corrected chi connectivity index (χ2v) is 6.28. The molecule has 2 nitrogen and oxygen atoms in total. The van der Waals surface area contributed by atoms with Crippen LogP contribution >= 0.6 is 0 Å². The third-order valence-electron chi connectivity index (χ3n) is 4.54. The van der Waals surface area contributed by atoms with Gasteiger partial charge in [-0.2, -0.15) is 0 Å². The molecule has 0 spiro atoms. The van der Waals surface area contributed by atoms with Gasteiger partial charge in [-0.1, -0.05) is 42.5 Å². The molecule has 1 atom stereocenters. The van der Waals surface area contributed by atoms with Crippen molar-refractivity contribution in [1.29, 1.82) is 0 Å². The van der Waals surface area contributed by atoms with Gasteiger partial charge in [-0.05, 0) is 55.0 Å². The zero-order valence-corrected chi connectivity index (χ0v) is 13.4. The molecule has 0 aromatic heterocycles. The zero-order valence-electron chi connectivity index (χ0n) is 13.4. The third-order valence-corrected chi connectivity index (χ3v) is 4.54. The van der Waals surface area contributed by atoms with Crippen LogP contribution < -0.4 is 4.74 Å². The summed E-state index contributed by atoms with van der Waals surface area (Å²) < 4.78 is 5.23. The summed E-state index contributed by atoms with van der Waals surface area (Å²) in [6.45, 7) is 3.52. The predicted octanol–water partition coefficient (Wildman–Crippen LogP) is 4.15. The Labute approximate surface area is 133 Å². The minimum Gasteiger partial charge on any atom is -0.497 e. The minimum atomic E-state index is 0.769. The Morgan fingerprint density at radius 2 is 1.77 bits per heavy atom. The van der Waals surface area contributed by atoms with Crippen LogP contribution in [0.1, 0.15) is 24.0 Å². The van der Waals surface area contributed by atoms with Crippen LogP contribution in [0.15, 0.2) is 54.6 Å². The van der Waals surface area contributed by atoms with E-state index >= 15 is 0 Å². The monoisotopic (exact) mass is 295 g/mol. The van der Waals surface area contributed by atoms with E-state index in [2.05, 4.69) is 59.5 Å². The van der Waals surface area contributed by atoms with Crippen molar-refractivity contribution < 1.29 is 4.74 Å². The van der Waals surface area contributed by atoms with Gasteiger partial charge in [0.2, 0.25) is 0 Å². The number of methoxy groups -OCH3 is 1. The van der Waals surface area contributed by atoms with E-state index < -0.39 is 0 Å². The maximum absolute atomic E-state index is 5.23. The molecular weight excluding hydrogens is 270 g/mol. The summed E-state index contributed by atoms with van der Waals surface area (Å²) in [6.07, 6.45) is 3.83. The Balaban J connectivity index is 1.55. The molecule has 0 bridgehead atoms. The van der Waals surface area contributed by atoms with Gasteiger partial charge < -0.3 is 4.74 Å². The number of rotatable bonds is 5. The Morgan fingerprint density at radius 1 is 1.00 bits per heavy atom. The number of ether oxygens (including phenoxy) is 1. The molecular formula is C20H25NO. The smallest absolute Gasteiger partial charge is 0.118 e. The fourth-order valence-corrected chi connectivity index (χ4v) is 3.40. The van der Waals surface area contributed by atoms with Gasteiger partial charge in [-0.25, -0.2) is 0 Å². The van der Waals surface area contributed by atoms with Crippen LogP contribution in [0, 0.1) is 5.92 Å². The number of benzene rings is 2. The first-order valence-electron chi connectivity index (χ1n) is 8.22. The molecule has 1 fully saturated rings. The quantitative estimate of drug-likeness (QED) is 0.821. The van der Waals surface area contributed by atoms with E-state index in [4.69, 9.17) is 4.74 Å². The Bertz CT molecular complexity index is 564. The molecule has 0 radical (unpaired) electrons. The molecule has 3 rings (SSSR count). The van der Waals surface area contributed by atoms with Crippen LogP contribution in [0.25, 0.3) is 0 Å². The fraction of sp³-hybridized carbons (Fsp3) is 0.400. The van der Waals surface area contributed by atoms with Crippen LogP contribution in [0.5, 0.6) is 5.75 Å². The van der Waals surface area contributed by atoms with Crippen molar-refractivity contribution in [3.8, 4) is 5.75 Å². The molecule has 0 saturated carbocycles. The molecule has 1 saturated heterocycles. The van der Waals surface area contributed by atoms with Crippen molar-refractivity contribution in [3.05, 3.63) is 65.7 Å². The molecule has 2 heteroatoms. The minimum absolute atomic E-state index is 0.769.